The Kier molecular flexibility index (Phi) is 3.22. The second-order valence-corrected chi connectivity index (χ2v) is 4.68. The Bertz CT molecular complexity index is 487. The average Bonchev–Trinajstić information content (AvgIpc) is 2.49. The molecule has 0 spiro atoms. The lowest BCUT2D eigenvalue weighted by Crippen LogP contribution is -2.29. The molecule has 1 aromatic heterocycles. The van der Waals surface area contributed by atoms with Crippen LogP contribution in [0.25, 0.3) is 11.4 Å². The van der Waals surface area contributed by atoms with Gasteiger partial charge in [-0.1, -0.05) is 30.3 Å². The number of anilines is 1. The topological polar surface area (TPSA) is 29.0 Å². The van der Waals surface area contributed by atoms with Crippen LogP contribution in [0, 0.1) is 0 Å². The molecular weight excluding hydrogens is 222 g/mol. The Balaban J connectivity index is 1.80. The fourth-order valence-electron chi connectivity index (χ4n) is 2.37. The lowest BCUT2D eigenvalue weighted by Gasteiger charge is -2.28. The zero-order valence-corrected chi connectivity index (χ0v) is 10.4. The quantitative estimate of drug-likeness (QED) is 0.806. The number of piperidine rings is 1. The smallest absolute Gasteiger partial charge is 0.159 e. The second-order valence-electron chi connectivity index (χ2n) is 4.68. The van der Waals surface area contributed by atoms with Gasteiger partial charge in [-0.15, -0.1) is 0 Å². The molecule has 0 bridgehead atoms. The van der Waals surface area contributed by atoms with Gasteiger partial charge in [-0.05, 0) is 19.3 Å². The molecule has 3 heteroatoms. The zero-order valence-electron chi connectivity index (χ0n) is 10.4. The molecule has 0 unspecified atom stereocenters. The first-order valence-electron chi connectivity index (χ1n) is 6.56. The highest BCUT2D eigenvalue weighted by Crippen LogP contribution is 2.20. The first-order chi connectivity index (χ1) is 8.93. The highest BCUT2D eigenvalue weighted by atomic mass is 15.1. The molecule has 0 amide bonds. The maximum absolute atomic E-state index is 4.47. The van der Waals surface area contributed by atoms with Crippen LogP contribution in [0.15, 0.2) is 42.7 Å². The van der Waals surface area contributed by atoms with E-state index in [9.17, 15) is 0 Å². The van der Waals surface area contributed by atoms with Crippen molar-refractivity contribution in [3.8, 4) is 11.4 Å². The Morgan fingerprint density at radius 2 is 1.50 bits per heavy atom. The summed E-state index contributed by atoms with van der Waals surface area (Å²) in [5.41, 5.74) is 2.22. The van der Waals surface area contributed by atoms with E-state index in [0.29, 0.717) is 0 Å². The molecule has 2 heterocycles. The maximum atomic E-state index is 4.47. The molecular formula is C15H17N3. The van der Waals surface area contributed by atoms with Crippen molar-refractivity contribution in [1.29, 1.82) is 0 Å². The summed E-state index contributed by atoms with van der Waals surface area (Å²) in [6, 6.07) is 10.1. The van der Waals surface area contributed by atoms with Crippen molar-refractivity contribution in [2.24, 2.45) is 0 Å². The standard InChI is InChI=1S/C15H17N3/c1-3-7-13(8-4-1)15-16-11-14(12-17-15)18-9-5-2-6-10-18/h1,3-4,7-8,11-12H,2,5-6,9-10H2. The lowest BCUT2D eigenvalue weighted by molar-refractivity contribution is 0.576. The van der Waals surface area contributed by atoms with Crippen LogP contribution in [0.2, 0.25) is 0 Å². The highest BCUT2D eigenvalue weighted by molar-refractivity contribution is 5.56. The van der Waals surface area contributed by atoms with E-state index < -0.39 is 0 Å². The van der Waals surface area contributed by atoms with Gasteiger partial charge in [0.25, 0.3) is 0 Å². The van der Waals surface area contributed by atoms with Crippen molar-refractivity contribution in [2.45, 2.75) is 19.3 Å². The van der Waals surface area contributed by atoms with Crippen molar-refractivity contribution >= 4 is 5.69 Å². The van der Waals surface area contributed by atoms with Crippen molar-refractivity contribution in [1.82, 2.24) is 9.97 Å². The minimum absolute atomic E-state index is 0.802. The monoisotopic (exact) mass is 239 g/mol. The second kappa shape index (κ2) is 5.17. The highest BCUT2D eigenvalue weighted by Gasteiger charge is 2.11. The van der Waals surface area contributed by atoms with Crippen LogP contribution in [0.4, 0.5) is 5.69 Å². The molecule has 1 aliphatic heterocycles. The molecule has 18 heavy (non-hydrogen) atoms. The van der Waals surface area contributed by atoms with Crippen LogP contribution in [0.3, 0.4) is 0 Å². The van der Waals surface area contributed by atoms with Crippen LogP contribution >= 0.6 is 0 Å². The third kappa shape index (κ3) is 2.35. The van der Waals surface area contributed by atoms with E-state index in [1.807, 2.05) is 42.7 Å². The third-order valence-corrected chi connectivity index (χ3v) is 3.39. The predicted octanol–water partition coefficient (Wildman–Crippen LogP) is 3.13. The van der Waals surface area contributed by atoms with Gasteiger partial charge in [0.05, 0.1) is 18.1 Å². The molecule has 3 rings (SSSR count). The third-order valence-electron chi connectivity index (χ3n) is 3.39. The normalized spacial score (nSPS) is 15.7. The van der Waals surface area contributed by atoms with E-state index in [1.54, 1.807) is 0 Å². The summed E-state index contributed by atoms with van der Waals surface area (Å²) < 4.78 is 0. The fourth-order valence-corrected chi connectivity index (χ4v) is 2.37. The molecule has 0 saturated carbocycles. The molecule has 0 N–H and O–H groups in total. The summed E-state index contributed by atoms with van der Waals surface area (Å²) in [6.45, 7) is 2.27. The summed E-state index contributed by atoms with van der Waals surface area (Å²) in [5, 5.41) is 0. The summed E-state index contributed by atoms with van der Waals surface area (Å²) in [5.74, 6) is 0.802. The molecule has 0 atom stereocenters. The van der Waals surface area contributed by atoms with Crippen molar-refractivity contribution in [2.75, 3.05) is 18.0 Å². The molecule has 1 aromatic carbocycles. The molecule has 0 radical (unpaired) electrons. The van der Waals surface area contributed by atoms with Gasteiger partial charge in [-0.2, -0.15) is 0 Å². The SMILES string of the molecule is c1ccc(-c2ncc(N3CCCCC3)cn2)cc1. The van der Waals surface area contributed by atoms with Gasteiger partial charge < -0.3 is 4.90 Å². The van der Waals surface area contributed by atoms with E-state index in [2.05, 4.69) is 14.9 Å². The van der Waals surface area contributed by atoms with Gasteiger partial charge >= 0.3 is 0 Å². The Labute approximate surface area is 108 Å². The van der Waals surface area contributed by atoms with Gasteiger partial charge in [0.2, 0.25) is 0 Å². The van der Waals surface area contributed by atoms with E-state index >= 15 is 0 Å². The number of aromatic nitrogens is 2. The molecule has 2 aromatic rings. The number of hydrogen-bond acceptors (Lipinski definition) is 3. The van der Waals surface area contributed by atoms with Crippen LogP contribution in [0.1, 0.15) is 19.3 Å². The number of rotatable bonds is 2. The summed E-state index contributed by atoms with van der Waals surface area (Å²) in [4.78, 5) is 11.3. The van der Waals surface area contributed by atoms with Crippen molar-refractivity contribution < 1.29 is 0 Å². The van der Waals surface area contributed by atoms with Gasteiger partial charge in [0, 0.05) is 18.7 Å². The minimum atomic E-state index is 0.802. The summed E-state index contributed by atoms with van der Waals surface area (Å²) >= 11 is 0. The lowest BCUT2D eigenvalue weighted by atomic mass is 10.1. The largest absolute Gasteiger partial charge is 0.369 e. The van der Waals surface area contributed by atoms with Gasteiger partial charge in [-0.3, -0.25) is 0 Å². The van der Waals surface area contributed by atoms with Crippen LogP contribution in [-0.2, 0) is 0 Å². The van der Waals surface area contributed by atoms with Gasteiger partial charge in [0.15, 0.2) is 5.82 Å². The zero-order chi connectivity index (χ0) is 12.2. The molecule has 1 fully saturated rings. The average molecular weight is 239 g/mol. The summed E-state index contributed by atoms with van der Waals surface area (Å²) in [7, 11) is 0. The first-order valence-corrected chi connectivity index (χ1v) is 6.56. The van der Waals surface area contributed by atoms with Crippen LogP contribution < -0.4 is 4.90 Å². The van der Waals surface area contributed by atoms with Gasteiger partial charge in [-0.25, -0.2) is 9.97 Å². The number of nitrogens with zero attached hydrogens (tertiary/aromatic N) is 3. The maximum Gasteiger partial charge on any atom is 0.159 e. The first kappa shape index (κ1) is 11.2. The molecule has 92 valence electrons. The molecule has 0 aliphatic carbocycles. The Hall–Kier alpha value is -1.90. The van der Waals surface area contributed by atoms with E-state index in [4.69, 9.17) is 0 Å². The minimum Gasteiger partial charge on any atom is -0.369 e. The Morgan fingerprint density at radius 1 is 0.833 bits per heavy atom. The van der Waals surface area contributed by atoms with E-state index in [1.165, 1.54) is 19.3 Å². The fraction of sp³-hybridized carbons (Fsp3) is 0.333. The Morgan fingerprint density at radius 3 is 2.17 bits per heavy atom. The molecule has 1 aliphatic rings. The molecule has 1 saturated heterocycles. The van der Waals surface area contributed by atoms with Crippen LogP contribution in [-0.4, -0.2) is 23.1 Å². The van der Waals surface area contributed by atoms with Crippen molar-refractivity contribution in [3.63, 3.8) is 0 Å². The predicted molar refractivity (Wildman–Crippen MR) is 73.5 cm³/mol. The van der Waals surface area contributed by atoms with Crippen molar-refractivity contribution in [3.05, 3.63) is 42.7 Å². The van der Waals surface area contributed by atoms with Gasteiger partial charge in [0.1, 0.15) is 0 Å². The number of benzene rings is 1. The number of hydrogen-bond donors (Lipinski definition) is 0. The van der Waals surface area contributed by atoms with E-state index in [0.717, 1.165) is 30.2 Å². The van der Waals surface area contributed by atoms with Crippen LogP contribution in [0.5, 0.6) is 0 Å². The summed E-state index contributed by atoms with van der Waals surface area (Å²) in [6.07, 6.45) is 7.79. The molecule has 3 nitrogen and oxygen atoms in total. The van der Waals surface area contributed by atoms with E-state index in [-0.39, 0.29) is 0 Å².